The number of ether oxygens (including phenoxy) is 1. The van der Waals surface area contributed by atoms with E-state index in [9.17, 15) is 8.42 Å². The Kier molecular flexibility index (Phi) is 4.72. The second kappa shape index (κ2) is 7.06. The van der Waals surface area contributed by atoms with E-state index in [1.807, 2.05) is 13.8 Å². The van der Waals surface area contributed by atoms with E-state index in [4.69, 9.17) is 9.15 Å². The zero-order chi connectivity index (χ0) is 19.9. The zero-order valence-corrected chi connectivity index (χ0v) is 16.8. The molecule has 0 unspecified atom stereocenters. The van der Waals surface area contributed by atoms with Crippen LogP contribution >= 0.6 is 0 Å². The minimum atomic E-state index is -3.79. The van der Waals surface area contributed by atoms with Crippen molar-refractivity contribution in [2.24, 2.45) is 0 Å². The van der Waals surface area contributed by atoms with Crippen LogP contribution in [0.15, 0.2) is 46.0 Å². The first-order valence-electron chi connectivity index (χ1n) is 9.07. The van der Waals surface area contributed by atoms with Crippen molar-refractivity contribution in [3.8, 4) is 11.4 Å². The Bertz CT molecular complexity index is 1090. The maximum atomic E-state index is 13.4. The number of aromatic nitrogens is 3. The second-order valence-electron chi connectivity index (χ2n) is 6.95. The van der Waals surface area contributed by atoms with E-state index in [1.54, 1.807) is 41.3 Å². The van der Waals surface area contributed by atoms with Crippen molar-refractivity contribution < 1.29 is 17.6 Å². The lowest BCUT2D eigenvalue weighted by Crippen LogP contribution is -2.36. The number of fused-ring (bicyclic) bond motifs is 1. The van der Waals surface area contributed by atoms with Gasteiger partial charge in [0, 0.05) is 31.3 Å². The molecule has 0 saturated carbocycles. The number of methoxy groups -OCH3 is 1. The number of hydrogen-bond donors (Lipinski definition) is 0. The van der Waals surface area contributed by atoms with Gasteiger partial charge >= 0.3 is 0 Å². The predicted molar refractivity (Wildman–Crippen MR) is 102 cm³/mol. The Balaban J connectivity index is 1.71. The minimum absolute atomic E-state index is 0.110. The van der Waals surface area contributed by atoms with Crippen LogP contribution in [0, 0.1) is 0 Å². The first kappa shape index (κ1) is 18.7. The molecule has 9 heteroatoms. The zero-order valence-electron chi connectivity index (χ0n) is 16.0. The summed E-state index contributed by atoms with van der Waals surface area (Å²) < 4.78 is 40.9. The molecule has 148 valence electrons. The Morgan fingerprint density at radius 1 is 1.29 bits per heavy atom. The highest BCUT2D eigenvalue weighted by molar-refractivity contribution is 7.89. The smallest absolute Gasteiger partial charge is 0.247 e. The standard InChI is InChI=1S/C19H22N4O4S/c1-13(2)19-21-15-12-22(10-7-16(15)27-19)28(24,25)18-11-14(5-6-17(18)26-3)23-9-4-8-20-23/h4-6,8-9,11,13H,7,10,12H2,1-3H3. The lowest BCUT2D eigenvalue weighted by molar-refractivity contribution is 0.350. The average molecular weight is 402 g/mol. The van der Waals surface area contributed by atoms with Gasteiger partial charge in [-0.25, -0.2) is 18.1 Å². The highest BCUT2D eigenvalue weighted by Crippen LogP contribution is 2.32. The summed E-state index contributed by atoms with van der Waals surface area (Å²) in [6, 6.07) is 6.78. The van der Waals surface area contributed by atoms with Gasteiger partial charge in [0.1, 0.15) is 16.4 Å². The fraction of sp³-hybridized carbons (Fsp3) is 0.368. The molecule has 0 amide bonds. The highest BCUT2D eigenvalue weighted by Gasteiger charge is 2.33. The lowest BCUT2D eigenvalue weighted by Gasteiger charge is -2.25. The molecule has 0 aliphatic carbocycles. The summed E-state index contributed by atoms with van der Waals surface area (Å²) in [4.78, 5) is 4.60. The molecule has 28 heavy (non-hydrogen) atoms. The lowest BCUT2D eigenvalue weighted by atomic mass is 10.2. The Morgan fingerprint density at radius 3 is 2.79 bits per heavy atom. The van der Waals surface area contributed by atoms with Crippen molar-refractivity contribution in [2.45, 2.75) is 37.6 Å². The van der Waals surface area contributed by atoms with Crippen LogP contribution in [0.25, 0.3) is 5.69 Å². The van der Waals surface area contributed by atoms with Crippen molar-refractivity contribution in [1.29, 1.82) is 0 Å². The SMILES string of the molecule is COc1ccc(-n2cccn2)cc1S(=O)(=O)N1CCc2oc(C(C)C)nc2C1. The predicted octanol–water partition coefficient (Wildman–Crippen LogP) is 2.74. The van der Waals surface area contributed by atoms with Gasteiger partial charge in [0.2, 0.25) is 10.0 Å². The summed E-state index contributed by atoms with van der Waals surface area (Å²) >= 11 is 0. The third-order valence-electron chi connectivity index (χ3n) is 4.74. The molecule has 3 aromatic rings. The third-order valence-corrected chi connectivity index (χ3v) is 6.60. The quantitative estimate of drug-likeness (QED) is 0.652. The van der Waals surface area contributed by atoms with Gasteiger partial charge in [0.15, 0.2) is 5.89 Å². The van der Waals surface area contributed by atoms with Gasteiger partial charge in [-0.1, -0.05) is 13.8 Å². The molecule has 8 nitrogen and oxygen atoms in total. The number of hydrogen-bond acceptors (Lipinski definition) is 6. The van der Waals surface area contributed by atoms with Crippen molar-refractivity contribution >= 4 is 10.0 Å². The largest absolute Gasteiger partial charge is 0.495 e. The fourth-order valence-corrected chi connectivity index (χ4v) is 4.79. The molecule has 0 fully saturated rings. The van der Waals surface area contributed by atoms with Crippen LogP contribution in [0.1, 0.15) is 37.1 Å². The number of rotatable bonds is 5. The van der Waals surface area contributed by atoms with Crippen LogP contribution in [0.2, 0.25) is 0 Å². The summed E-state index contributed by atoms with van der Waals surface area (Å²) in [5.41, 5.74) is 1.33. The van der Waals surface area contributed by atoms with Crippen molar-refractivity contribution in [2.75, 3.05) is 13.7 Å². The second-order valence-corrected chi connectivity index (χ2v) is 8.86. The van der Waals surface area contributed by atoms with Gasteiger partial charge < -0.3 is 9.15 Å². The summed E-state index contributed by atoms with van der Waals surface area (Å²) in [6.45, 7) is 4.51. The maximum Gasteiger partial charge on any atom is 0.247 e. The Hall–Kier alpha value is -2.65. The van der Waals surface area contributed by atoms with Crippen molar-refractivity contribution in [1.82, 2.24) is 19.1 Å². The Morgan fingerprint density at radius 2 is 2.11 bits per heavy atom. The summed E-state index contributed by atoms with van der Waals surface area (Å²) in [7, 11) is -2.33. The van der Waals surface area contributed by atoms with Gasteiger partial charge in [-0.15, -0.1) is 0 Å². The summed E-state index contributed by atoms with van der Waals surface area (Å²) in [6.07, 6.45) is 3.89. The van der Waals surface area contributed by atoms with Gasteiger partial charge in [0.25, 0.3) is 0 Å². The van der Waals surface area contributed by atoms with Gasteiger partial charge in [0.05, 0.1) is 25.0 Å². The molecule has 3 heterocycles. The molecule has 1 aliphatic heterocycles. The molecule has 1 aliphatic rings. The van der Waals surface area contributed by atoms with E-state index >= 15 is 0 Å². The van der Waals surface area contributed by atoms with E-state index in [0.717, 1.165) is 5.76 Å². The first-order chi connectivity index (χ1) is 13.4. The molecule has 4 rings (SSSR count). The molecule has 0 radical (unpaired) electrons. The highest BCUT2D eigenvalue weighted by atomic mass is 32.2. The normalized spacial score (nSPS) is 15.0. The number of nitrogens with zero attached hydrogens (tertiary/aromatic N) is 4. The summed E-state index contributed by atoms with van der Waals surface area (Å²) in [5, 5.41) is 4.17. The van der Waals surface area contributed by atoms with Crippen LogP contribution in [0.5, 0.6) is 5.75 Å². The molecule has 2 aromatic heterocycles. The molecule has 0 saturated heterocycles. The molecular weight excluding hydrogens is 380 g/mol. The molecule has 1 aromatic carbocycles. The maximum absolute atomic E-state index is 13.4. The molecule has 0 spiro atoms. The topological polar surface area (TPSA) is 90.5 Å². The molecular formula is C19H22N4O4S. The monoisotopic (exact) mass is 402 g/mol. The first-order valence-corrected chi connectivity index (χ1v) is 10.5. The third kappa shape index (κ3) is 3.20. The van der Waals surface area contributed by atoms with Crippen LogP contribution in [-0.2, 0) is 23.0 Å². The van der Waals surface area contributed by atoms with Crippen LogP contribution in [0.3, 0.4) is 0 Å². The van der Waals surface area contributed by atoms with Gasteiger partial charge in [-0.3, -0.25) is 0 Å². The number of oxazole rings is 1. The molecule has 0 N–H and O–H groups in total. The fourth-order valence-electron chi connectivity index (χ4n) is 3.22. The van der Waals surface area contributed by atoms with Crippen LogP contribution < -0.4 is 4.74 Å². The van der Waals surface area contributed by atoms with Crippen molar-refractivity contribution in [3.63, 3.8) is 0 Å². The summed E-state index contributed by atoms with van der Waals surface area (Å²) in [5.74, 6) is 1.86. The molecule has 0 bridgehead atoms. The van der Waals surface area contributed by atoms with Crippen LogP contribution in [-0.4, -0.2) is 41.1 Å². The average Bonchev–Trinajstić information content (AvgIpc) is 3.36. The van der Waals surface area contributed by atoms with Gasteiger partial charge in [-0.05, 0) is 24.3 Å². The number of sulfonamides is 1. The van der Waals surface area contributed by atoms with Gasteiger partial charge in [-0.2, -0.15) is 9.40 Å². The molecule has 0 atom stereocenters. The number of benzene rings is 1. The van der Waals surface area contributed by atoms with E-state index in [-0.39, 0.29) is 17.4 Å². The van der Waals surface area contributed by atoms with Crippen LogP contribution in [0.4, 0.5) is 0 Å². The van der Waals surface area contributed by atoms with E-state index in [0.29, 0.717) is 36.0 Å². The van der Waals surface area contributed by atoms with Crippen molar-refractivity contribution in [3.05, 3.63) is 54.0 Å². The minimum Gasteiger partial charge on any atom is -0.495 e. The Labute approximate surface area is 163 Å². The van der Waals surface area contributed by atoms with E-state index < -0.39 is 10.0 Å². The van der Waals surface area contributed by atoms with E-state index in [2.05, 4.69) is 10.1 Å². The van der Waals surface area contributed by atoms with E-state index in [1.165, 1.54) is 11.4 Å².